The number of piperidine rings is 1. The van der Waals surface area contributed by atoms with Crippen molar-refractivity contribution in [3.63, 3.8) is 0 Å². The molecule has 0 aliphatic carbocycles. The van der Waals surface area contributed by atoms with E-state index >= 15 is 0 Å². The first-order chi connectivity index (χ1) is 11.6. The van der Waals surface area contributed by atoms with Gasteiger partial charge in [0, 0.05) is 13.1 Å². The number of hydrogen-bond acceptors (Lipinski definition) is 4. The Morgan fingerprint density at radius 3 is 2.75 bits per heavy atom. The van der Waals surface area contributed by atoms with Gasteiger partial charge in [-0.3, -0.25) is 9.59 Å². The molecule has 4 nitrogen and oxygen atoms in total. The summed E-state index contributed by atoms with van der Waals surface area (Å²) in [7, 11) is 0. The van der Waals surface area contributed by atoms with E-state index in [-0.39, 0.29) is 11.8 Å². The minimum atomic E-state index is -0.217. The smallest absolute Gasteiger partial charge is 0.285 e. The molecule has 2 aliphatic heterocycles. The standard InChI is InChI=1S/C18H20N2O2S2/c1-13-7-9-20(10-8-13)16(21)12-23-18-19-17(22)15(24-18)11-14-5-3-2-4-6-14/h2-6,11,13H,7-10,12H2,1H3. The number of rotatable bonds is 3. The molecule has 0 aromatic heterocycles. The zero-order valence-corrected chi connectivity index (χ0v) is 15.2. The van der Waals surface area contributed by atoms with Gasteiger partial charge in [-0.15, -0.1) is 0 Å². The minimum Gasteiger partial charge on any atom is -0.342 e. The first kappa shape index (κ1) is 17.3. The van der Waals surface area contributed by atoms with Gasteiger partial charge in [-0.25, -0.2) is 0 Å². The van der Waals surface area contributed by atoms with E-state index < -0.39 is 0 Å². The number of amides is 2. The molecule has 1 saturated heterocycles. The number of aliphatic imine (C=N–C) groups is 1. The van der Waals surface area contributed by atoms with E-state index in [4.69, 9.17) is 0 Å². The minimum absolute atomic E-state index is 0.142. The molecular formula is C18H20N2O2S2. The molecule has 126 valence electrons. The van der Waals surface area contributed by atoms with Crippen molar-refractivity contribution in [1.29, 1.82) is 0 Å². The first-order valence-electron chi connectivity index (χ1n) is 8.10. The fourth-order valence-corrected chi connectivity index (χ4v) is 4.53. The lowest BCUT2D eigenvalue weighted by Gasteiger charge is -2.30. The van der Waals surface area contributed by atoms with Crippen molar-refractivity contribution in [1.82, 2.24) is 4.90 Å². The van der Waals surface area contributed by atoms with E-state index in [1.165, 1.54) is 23.5 Å². The maximum Gasteiger partial charge on any atom is 0.285 e. The Bertz CT molecular complexity index is 678. The highest BCUT2D eigenvalue weighted by Gasteiger charge is 2.25. The molecule has 1 fully saturated rings. The van der Waals surface area contributed by atoms with E-state index in [0.717, 1.165) is 31.5 Å². The lowest BCUT2D eigenvalue weighted by atomic mass is 9.99. The van der Waals surface area contributed by atoms with Gasteiger partial charge in [0.15, 0.2) is 0 Å². The lowest BCUT2D eigenvalue weighted by molar-refractivity contribution is -0.129. The summed E-state index contributed by atoms with van der Waals surface area (Å²) in [5, 5.41) is 0. The Labute approximate surface area is 150 Å². The van der Waals surface area contributed by atoms with E-state index in [0.29, 0.717) is 21.0 Å². The fourth-order valence-electron chi connectivity index (χ4n) is 2.62. The summed E-state index contributed by atoms with van der Waals surface area (Å²) >= 11 is 2.72. The highest BCUT2D eigenvalue weighted by Crippen LogP contribution is 2.33. The van der Waals surface area contributed by atoms with Crippen LogP contribution < -0.4 is 0 Å². The van der Waals surface area contributed by atoms with Crippen LogP contribution in [0.15, 0.2) is 40.2 Å². The SMILES string of the molecule is CC1CCN(C(=O)CSC2=NC(=O)C(=Cc3ccccc3)S2)CC1. The van der Waals surface area contributed by atoms with Crippen LogP contribution in [-0.4, -0.2) is 39.9 Å². The number of hydrogen-bond donors (Lipinski definition) is 0. The topological polar surface area (TPSA) is 49.7 Å². The average molecular weight is 361 g/mol. The molecule has 0 saturated carbocycles. The molecule has 0 atom stereocenters. The van der Waals surface area contributed by atoms with Gasteiger partial charge >= 0.3 is 0 Å². The van der Waals surface area contributed by atoms with Crippen LogP contribution in [0.25, 0.3) is 6.08 Å². The van der Waals surface area contributed by atoms with Crippen molar-refractivity contribution < 1.29 is 9.59 Å². The van der Waals surface area contributed by atoms with Crippen molar-refractivity contribution in [2.45, 2.75) is 19.8 Å². The molecule has 2 aliphatic rings. The highest BCUT2D eigenvalue weighted by atomic mass is 32.2. The van der Waals surface area contributed by atoms with Crippen molar-refractivity contribution >= 4 is 45.8 Å². The van der Waals surface area contributed by atoms with Crippen LogP contribution >= 0.6 is 23.5 Å². The number of likely N-dealkylation sites (tertiary alicyclic amines) is 1. The van der Waals surface area contributed by atoms with Crippen molar-refractivity contribution in [3.8, 4) is 0 Å². The monoisotopic (exact) mass is 360 g/mol. The highest BCUT2D eigenvalue weighted by molar-refractivity contribution is 8.41. The normalized spacial score (nSPS) is 20.5. The lowest BCUT2D eigenvalue weighted by Crippen LogP contribution is -2.39. The van der Waals surface area contributed by atoms with Crippen LogP contribution in [0.3, 0.4) is 0 Å². The largest absolute Gasteiger partial charge is 0.342 e. The quantitative estimate of drug-likeness (QED) is 0.772. The predicted molar refractivity (Wildman–Crippen MR) is 102 cm³/mol. The molecule has 2 amide bonds. The van der Waals surface area contributed by atoms with Gasteiger partial charge in [0.25, 0.3) is 5.91 Å². The zero-order chi connectivity index (χ0) is 16.9. The fraction of sp³-hybridized carbons (Fsp3) is 0.389. The van der Waals surface area contributed by atoms with E-state index in [9.17, 15) is 9.59 Å². The molecule has 3 rings (SSSR count). The molecule has 1 aromatic rings. The number of carbonyl (C=O) groups excluding carboxylic acids is 2. The third-order valence-electron chi connectivity index (χ3n) is 4.15. The maximum atomic E-state index is 12.3. The summed E-state index contributed by atoms with van der Waals surface area (Å²) in [5.74, 6) is 0.986. The molecule has 0 N–H and O–H groups in total. The third kappa shape index (κ3) is 4.51. The van der Waals surface area contributed by atoms with Crippen molar-refractivity contribution in [3.05, 3.63) is 40.8 Å². The summed E-state index contributed by atoms with van der Waals surface area (Å²) in [6.45, 7) is 3.92. The third-order valence-corrected chi connectivity index (χ3v) is 6.27. The van der Waals surface area contributed by atoms with E-state index in [2.05, 4.69) is 11.9 Å². The molecule has 0 spiro atoms. The van der Waals surface area contributed by atoms with Gasteiger partial charge in [0.2, 0.25) is 5.91 Å². The van der Waals surface area contributed by atoms with E-state index in [1.807, 2.05) is 41.3 Å². The number of carbonyl (C=O) groups is 2. The summed E-state index contributed by atoms with van der Waals surface area (Å²) in [6.07, 6.45) is 4.00. The Balaban J connectivity index is 1.52. The molecule has 6 heteroatoms. The Hall–Kier alpha value is -1.53. The van der Waals surface area contributed by atoms with E-state index in [1.54, 1.807) is 0 Å². The summed E-state index contributed by atoms with van der Waals surface area (Å²) in [4.78, 5) is 30.8. The van der Waals surface area contributed by atoms with Gasteiger partial charge in [0.05, 0.1) is 10.7 Å². The molecule has 24 heavy (non-hydrogen) atoms. The molecule has 0 radical (unpaired) electrons. The van der Waals surface area contributed by atoms with Crippen LogP contribution in [0.2, 0.25) is 0 Å². The molecule has 0 unspecified atom stereocenters. The van der Waals surface area contributed by atoms with Crippen LogP contribution in [0.5, 0.6) is 0 Å². The Morgan fingerprint density at radius 2 is 2.04 bits per heavy atom. The molecule has 1 aromatic carbocycles. The zero-order valence-electron chi connectivity index (χ0n) is 13.6. The van der Waals surface area contributed by atoms with Crippen LogP contribution in [0, 0.1) is 5.92 Å². The molecule has 2 heterocycles. The van der Waals surface area contributed by atoms with Crippen LogP contribution in [0.1, 0.15) is 25.3 Å². The van der Waals surface area contributed by atoms with Gasteiger partial charge in [-0.1, -0.05) is 60.8 Å². The predicted octanol–water partition coefficient (Wildman–Crippen LogP) is 3.65. The van der Waals surface area contributed by atoms with Gasteiger partial charge in [-0.05, 0) is 30.4 Å². The second-order valence-corrected chi connectivity index (χ2v) is 8.31. The van der Waals surface area contributed by atoms with Gasteiger partial charge in [0.1, 0.15) is 4.38 Å². The van der Waals surface area contributed by atoms with Crippen LogP contribution in [-0.2, 0) is 9.59 Å². The Morgan fingerprint density at radius 1 is 1.33 bits per heavy atom. The average Bonchev–Trinajstić information content (AvgIpc) is 2.94. The molecular weight excluding hydrogens is 340 g/mol. The number of thioether (sulfide) groups is 2. The summed E-state index contributed by atoms with van der Waals surface area (Å²) in [5.41, 5.74) is 0.980. The van der Waals surface area contributed by atoms with Crippen molar-refractivity contribution in [2.24, 2.45) is 10.9 Å². The summed E-state index contributed by atoms with van der Waals surface area (Å²) in [6, 6.07) is 9.71. The van der Waals surface area contributed by atoms with Gasteiger partial charge < -0.3 is 4.90 Å². The maximum absolute atomic E-state index is 12.3. The van der Waals surface area contributed by atoms with Crippen molar-refractivity contribution in [2.75, 3.05) is 18.8 Å². The Kier molecular flexibility index (Phi) is 5.79. The summed E-state index contributed by atoms with van der Waals surface area (Å²) < 4.78 is 0.668. The second-order valence-electron chi connectivity index (χ2n) is 6.06. The van der Waals surface area contributed by atoms with Crippen LogP contribution in [0.4, 0.5) is 0 Å². The first-order valence-corrected chi connectivity index (χ1v) is 9.90. The number of benzene rings is 1. The number of nitrogens with zero attached hydrogens (tertiary/aromatic N) is 2. The second kappa shape index (κ2) is 8.03. The van der Waals surface area contributed by atoms with Gasteiger partial charge in [-0.2, -0.15) is 4.99 Å². The molecule has 0 bridgehead atoms.